The first-order valence-corrected chi connectivity index (χ1v) is 12.9. The second kappa shape index (κ2) is 17.0. The number of amidine groups is 1. The highest BCUT2D eigenvalue weighted by atomic mass is 19.4. The average molecular weight is 630 g/mol. The molecule has 4 amide bonds. The van der Waals surface area contributed by atoms with Crippen molar-refractivity contribution in [2.24, 2.45) is 23.1 Å². The van der Waals surface area contributed by atoms with Crippen LogP contribution in [0.15, 0.2) is 24.3 Å². The maximum absolute atomic E-state index is 13.2. The fourth-order valence-electron chi connectivity index (χ4n) is 3.64. The van der Waals surface area contributed by atoms with Crippen LogP contribution in [0, 0.1) is 16.7 Å². The van der Waals surface area contributed by atoms with Crippen LogP contribution in [0.25, 0.3) is 0 Å². The maximum atomic E-state index is 13.2. The molecule has 12 N–H and O–H groups in total. The molecular weight excluding hydrogens is 595 g/mol. The quantitative estimate of drug-likeness (QED) is 0.0319. The van der Waals surface area contributed by atoms with E-state index < -0.39 is 72.6 Å². The van der Waals surface area contributed by atoms with Crippen molar-refractivity contribution in [1.82, 2.24) is 21.3 Å². The van der Waals surface area contributed by atoms with Gasteiger partial charge in [0.15, 0.2) is 5.96 Å². The lowest BCUT2D eigenvalue weighted by Gasteiger charge is -2.24. The SMILES string of the molecule is CNC(=O)C(Cc1ccc(C(=N)N)cc1)C(=O)N[C@@H](CCC(=O)OC(=O)C(F)(F)F)C(=O)N[C@@H](CCCNC(=N)N)C(N)=O. The minimum atomic E-state index is -5.46. The van der Waals surface area contributed by atoms with Gasteiger partial charge in [0.1, 0.15) is 23.8 Å². The van der Waals surface area contributed by atoms with Crippen LogP contribution in [0.5, 0.6) is 0 Å². The number of alkyl halides is 3. The molecule has 242 valence electrons. The van der Waals surface area contributed by atoms with Crippen molar-refractivity contribution in [2.75, 3.05) is 13.6 Å². The number of rotatable bonds is 16. The molecule has 0 spiro atoms. The molecule has 1 rings (SSSR count). The molecule has 1 aromatic rings. The number of hydrogen-bond acceptors (Lipinski definition) is 9. The Bertz CT molecular complexity index is 1260. The molecule has 1 aromatic carbocycles. The Morgan fingerprint density at radius 1 is 0.886 bits per heavy atom. The summed E-state index contributed by atoms with van der Waals surface area (Å²) in [6.07, 6.45) is -7.18. The Hall–Kier alpha value is -5.23. The van der Waals surface area contributed by atoms with Crippen molar-refractivity contribution >= 4 is 47.4 Å². The third-order valence-corrected chi connectivity index (χ3v) is 5.94. The van der Waals surface area contributed by atoms with E-state index in [0.717, 1.165) is 0 Å². The van der Waals surface area contributed by atoms with Gasteiger partial charge in [-0.15, -0.1) is 0 Å². The first-order chi connectivity index (χ1) is 20.5. The van der Waals surface area contributed by atoms with Crippen molar-refractivity contribution < 1.29 is 46.7 Å². The van der Waals surface area contributed by atoms with E-state index in [-0.39, 0.29) is 37.6 Å². The molecule has 0 aliphatic heterocycles. The summed E-state index contributed by atoms with van der Waals surface area (Å²) in [6.45, 7) is 0.134. The average Bonchev–Trinajstić information content (AvgIpc) is 2.94. The smallest absolute Gasteiger partial charge is 0.386 e. The molecule has 16 nitrogen and oxygen atoms in total. The van der Waals surface area contributed by atoms with Crippen molar-refractivity contribution in [3.05, 3.63) is 35.4 Å². The van der Waals surface area contributed by atoms with Crippen LogP contribution in [0.4, 0.5) is 13.2 Å². The Balaban J connectivity index is 3.18. The first-order valence-electron chi connectivity index (χ1n) is 12.9. The molecule has 0 aliphatic carbocycles. The molecule has 0 aromatic heterocycles. The van der Waals surface area contributed by atoms with Gasteiger partial charge in [-0.25, -0.2) is 4.79 Å². The van der Waals surface area contributed by atoms with Crippen LogP contribution in [0.1, 0.15) is 36.8 Å². The van der Waals surface area contributed by atoms with Gasteiger partial charge in [0.2, 0.25) is 23.6 Å². The number of nitrogen functional groups attached to an aromatic ring is 1. The Morgan fingerprint density at radius 3 is 1.98 bits per heavy atom. The molecule has 1 unspecified atom stereocenters. The number of benzene rings is 1. The molecule has 44 heavy (non-hydrogen) atoms. The third kappa shape index (κ3) is 12.7. The molecule has 0 saturated carbocycles. The number of nitrogens with one attached hydrogen (secondary N) is 6. The van der Waals surface area contributed by atoms with Gasteiger partial charge in [-0.05, 0) is 31.2 Å². The number of esters is 2. The zero-order chi connectivity index (χ0) is 33.6. The largest absolute Gasteiger partial charge is 0.491 e. The van der Waals surface area contributed by atoms with Crippen LogP contribution in [0.3, 0.4) is 0 Å². The number of primary amides is 1. The normalized spacial score (nSPS) is 12.9. The van der Waals surface area contributed by atoms with Gasteiger partial charge in [0.05, 0.1) is 0 Å². The Morgan fingerprint density at radius 2 is 1.48 bits per heavy atom. The monoisotopic (exact) mass is 629 g/mol. The first kappa shape index (κ1) is 36.8. The number of halogens is 3. The second-order valence-electron chi connectivity index (χ2n) is 9.29. The molecule has 3 atom stereocenters. The predicted molar refractivity (Wildman–Crippen MR) is 147 cm³/mol. The summed E-state index contributed by atoms with van der Waals surface area (Å²) in [6, 6.07) is 2.96. The van der Waals surface area contributed by atoms with Crippen molar-refractivity contribution in [3.63, 3.8) is 0 Å². The van der Waals surface area contributed by atoms with E-state index in [0.29, 0.717) is 11.1 Å². The number of carbonyl (C=O) groups is 6. The van der Waals surface area contributed by atoms with Gasteiger partial charge >= 0.3 is 18.1 Å². The topological polar surface area (TPSA) is 286 Å². The van der Waals surface area contributed by atoms with E-state index in [1.54, 1.807) is 0 Å². The van der Waals surface area contributed by atoms with Gasteiger partial charge in [0, 0.05) is 25.6 Å². The lowest BCUT2D eigenvalue weighted by molar-refractivity contribution is -0.201. The Kier molecular flexibility index (Phi) is 14.2. The molecule has 0 bridgehead atoms. The number of ether oxygens (including phenoxy) is 1. The van der Waals surface area contributed by atoms with Gasteiger partial charge in [-0.3, -0.25) is 34.8 Å². The van der Waals surface area contributed by atoms with Crippen molar-refractivity contribution in [1.29, 1.82) is 10.8 Å². The molecule has 0 aliphatic rings. The lowest BCUT2D eigenvalue weighted by Crippen LogP contribution is -2.55. The van der Waals surface area contributed by atoms with Crippen LogP contribution >= 0.6 is 0 Å². The minimum Gasteiger partial charge on any atom is -0.386 e. The van der Waals surface area contributed by atoms with Gasteiger partial charge < -0.3 is 43.2 Å². The molecule has 0 saturated heterocycles. The summed E-state index contributed by atoms with van der Waals surface area (Å²) in [5.41, 5.74) is 16.8. The van der Waals surface area contributed by atoms with E-state index in [1.165, 1.54) is 31.3 Å². The molecule has 0 radical (unpaired) electrons. The van der Waals surface area contributed by atoms with Crippen LogP contribution in [-0.4, -0.2) is 79.2 Å². The van der Waals surface area contributed by atoms with Crippen molar-refractivity contribution in [3.8, 4) is 0 Å². The summed E-state index contributed by atoms with van der Waals surface area (Å²) in [4.78, 5) is 73.8. The second-order valence-corrected chi connectivity index (χ2v) is 9.29. The maximum Gasteiger partial charge on any atom is 0.491 e. The molecule has 0 heterocycles. The summed E-state index contributed by atoms with van der Waals surface area (Å²) >= 11 is 0. The van der Waals surface area contributed by atoms with Gasteiger partial charge in [-0.1, -0.05) is 24.3 Å². The van der Waals surface area contributed by atoms with Crippen LogP contribution in [0.2, 0.25) is 0 Å². The summed E-state index contributed by atoms with van der Waals surface area (Å²) in [7, 11) is 1.25. The van der Waals surface area contributed by atoms with E-state index >= 15 is 0 Å². The highest BCUT2D eigenvalue weighted by Gasteiger charge is 2.42. The molecule has 0 fully saturated rings. The Labute approximate surface area is 249 Å². The van der Waals surface area contributed by atoms with Crippen molar-refractivity contribution in [2.45, 2.75) is 50.4 Å². The summed E-state index contributed by atoms with van der Waals surface area (Å²) in [5, 5.41) is 23.9. The van der Waals surface area contributed by atoms with Gasteiger partial charge in [0.25, 0.3) is 0 Å². The summed E-state index contributed by atoms with van der Waals surface area (Å²) < 4.78 is 41.1. The van der Waals surface area contributed by atoms with E-state index in [9.17, 15) is 41.9 Å². The summed E-state index contributed by atoms with van der Waals surface area (Å²) in [5.74, 6) is -10.3. The van der Waals surface area contributed by atoms with E-state index in [2.05, 4.69) is 26.0 Å². The number of carbonyl (C=O) groups excluding carboxylic acids is 6. The highest BCUT2D eigenvalue weighted by molar-refractivity contribution is 6.02. The fraction of sp³-hybridized carbons (Fsp3) is 0.440. The van der Waals surface area contributed by atoms with E-state index in [4.69, 9.17) is 28.0 Å². The number of guanidine groups is 1. The predicted octanol–water partition coefficient (Wildman–Crippen LogP) is -1.99. The van der Waals surface area contributed by atoms with Gasteiger partial charge in [-0.2, -0.15) is 13.2 Å². The van der Waals surface area contributed by atoms with E-state index in [1.807, 2.05) is 0 Å². The molecular formula is C25H34F3N9O7. The number of nitrogens with two attached hydrogens (primary N) is 3. The number of amides is 4. The zero-order valence-corrected chi connectivity index (χ0v) is 23.5. The fourth-order valence-corrected chi connectivity index (χ4v) is 3.64. The van der Waals surface area contributed by atoms with Crippen LogP contribution in [-0.2, 0) is 39.9 Å². The zero-order valence-electron chi connectivity index (χ0n) is 23.5. The lowest BCUT2D eigenvalue weighted by atomic mass is 9.96. The third-order valence-electron chi connectivity index (χ3n) is 5.94. The van der Waals surface area contributed by atoms with Crippen LogP contribution < -0.4 is 38.5 Å². The minimum absolute atomic E-state index is 0.0543. The standard InChI is InChI=1S/C25H34F3N9O7/c1-34-20(40)14(11-12-4-6-13(7-5-12)18(29)30)21(41)37-16(8-9-17(38)44-23(43)25(26,27)28)22(42)36-15(19(31)39)3-2-10-35-24(32)33/h4-7,14-16H,2-3,8-11H2,1H3,(H3,29,30)(H2,31,39)(H,34,40)(H,36,42)(H,37,41)(H4,32,33,35)/t14?,15-,16-/m0/s1. The highest BCUT2D eigenvalue weighted by Crippen LogP contribution is 2.17. The molecule has 19 heteroatoms. The number of hydrogen-bond donors (Lipinski definition) is 9.